The first-order valence-corrected chi connectivity index (χ1v) is 8.93. The Bertz CT molecular complexity index is 1150. The fourth-order valence-corrected chi connectivity index (χ4v) is 3.30. The molecular formula is C20H15F2NO4S. The highest BCUT2D eigenvalue weighted by Crippen LogP contribution is 2.20. The summed E-state index contributed by atoms with van der Waals surface area (Å²) in [5.41, 5.74) is 0.352. The first kappa shape index (κ1) is 19.5. The Kier molecular flexibility index (Phi) is 6.00. The van der Waals surface area contributed by atoms with Crippen molar-refractivity contribution in [2.24, 2.45) is 0 Å². The van der Waals surface area contributed by atoms with Crippen molar-refractivity contribution in [2.75, 3.05) is 7.11 Å². The maximum Gasteiger partial charge on any atom is 0.387 e. The van der Waals surface area contributed by atoms with Crippen LogP contribution in [0.15, 0.2) is 53.3 Å². The summed E-state index contributed by atoms with van der Waals surface area (Å²) in [7, 11) is 1.53. The fourth-order valence-electron chi connectivity index (χ4n) is 2.43. The van der Waals surface area contributed by atoms with E-state index in [9.17, 15) is 18.4 Å². The van der Waals surface area contributed by atoms with E-state index in [1.807, 2.05) is 0 Å². The number of thiazole rings is 1. The monoisotopic (exact) mass is 403 g/mol. The second kappa shape index (κ2) is 8.62. The number of aromatic nitrogens is 1. The standard InChI is InChI=1S/C20H15F2NO4S/c1-26-14-8-6-12(7-9-14)15(24)11-18-23-19(25)17(28-18)10-13-4-2-3-5-16(13)27-20(21)22/h2-11,20H,1H3,(H,23,25). The van der Waals surface area contributed by atoms with Gasteiger partial charge < -0.3 is 14.5 Å². The molecule has 3 aromatic rings. The molecule has 0 spiro atoms. The number of halogens is 2. The Morgan fingerprint density at radius 1 is 1.14 bits per heavy atom. The molecule has 0 unspecified atom stereocenters. The summed E-state index contributed by atoms with van der Waals surface area (Å²) in [6, 6.07) is 12.7. The molecule has 0 bridgehead atoms. The van der Waals surface area contributed by atoms with Crippen molar-refractivity contribution in [1.82, 2.24) is 4.98 Å². The molecule has 28 heavy (non-hydrogen) atoms. The predicted octanol–water partition coefficient (Wildman–Crippen LogP) is 2.54. The average molecular weight is 403 g/mol. The molecular weight excluding hydrogens is 388 g/mol. The molecule has 144 valence electrons. The van der Waals surface area contributed by atoms with Crippen LogP contribution in [0.25, 0.3) is 12.2 Å². The highest BCUT2D eigenvalue weighted by atomic mass is 32.1. The van der Waals surface area contributed by atoms with E-state index >= 15 is 0 Å². The second-order valence-corrected chi connectivity index (χ2v) is 6.67. The van der Waals surface area contributed by atoms with Crippen LogP contribution in [-0.4, -0.2) is 24.5 Å². The molecule has 3 rings (SSSR count). The minimum Gasteiger partial charge on any atom is -0.497 e. The van der Waals surface area contributed by atoms with Gasteiger partial charge in [-0.3, -0.25) is 9.59 Å². The Hall–Kier alpha value is -3.26. The Morgan fingerprint density at radius 2 is 1.86 bits per heavy atom. The number of alkyl halides is 2. The highest BCUT2D eigenvalue weighted by molar-refractivity contribution is 7.07. The van der Waals surface area contributed by atoms with Gasteiger partial charge in [-0.1, -0.05) is 18.2 Å². The number of methoxy groups -OCH3 is 1. The maximum absolute atomic E-state index is 12.5. The molecule has 0 radical (unpaired) electrons. The SMILES string of the molecule is COc1ccc(C(=O)C=c2[nH]c(=O)c(=Cc3ccccc3OC(F)F)s2)cc1. The van der Waals surface area contributed by atoms with E-state index in [0.717, 1.165) is 11.3 Å². The fraction of sp³-hybridized carbons (Fsp3) is 0.100. The molecule has 2 aromatic carbocycles. The van der Waals surface area contributed by atoms with Crippen molar-refractivity contribution in [2.45, 2.75) is 6.61 Å². The van der Waals surface area contributed by atoms with Gasteiger partial charge in [-0.2, -0.15) is 8.78 Å². The van der Waals surface area contributed by atoms with E-state index in [2.05, 4.69) is 9.72 Å². The van der Waals surface area contributed by atoms with Gasteiger partial charge in [0.05, 0.1) is 16.3 Å². The molecule has 0 aliphatic rings. The lowest BCUT2D eigenvalue weighted by Crippen LogP contribution is -2.20. The number of H-pyrrole nitrogens is 1. The van der Waals surface area contributed by atoms with Gasteiger partial charge in [-0.25, -0.2) is 0 Å². The van der Waals surface area contributed by atoms with Crippen LogP contribution >= 0.6 is 11.3 Å². The Labute approximate surface area is 162 Å². The van der Waals surface area contributed by atoms with Gasteiger partial charge in [0, 0.05) is 17.2 Å². The number of hydrogen-bond donors (Lipinski definition) is 1. The van der Waals surface area contributed by atoms with Gasteiger partial charge in [0.1, 0.15) is 11.5 Å². The number of hydrogen-bond acceptors (Lipinski definition) is 5. The quantitative estimate of drug-likeness (QED) is 0.643. The first-order valence-electron chi connectivity index (χ1n) is 8.11. The third-order valence-electron chi connectivity index (χ3n) is 3.74. The lowest BCUT2D eigenvalue weighted by atomic mass is 10.1. The van der Waals surface area contributed by atoms with E-state index in [0.29, 0.717) is 21.5 Å². The van der Waals surface area contributed by atoms with Crippen LogP contribution in [0.2, 0.25) is 0 Å². The van der Waals surface area contributed by atoms with Crippen molar-refractivity contribution >= 4 is 29.3 Å². The minimum atomic E-state index is -2.97. The lowest BCUT2D eigenvalue weighted by molar-refractivity contribution is -0.0499. The predicted molar refractivity (Wildman–Crippen MR) is 103 cm³/mol. The van der Waals surface area contributed by atoms with Crippen LogP contribution in [0.5, 0.6) is 11.5 Å². The molecule has 1 heterocycles. The summed E-state index contributed by atoms with van der Waals surface area (Å²) in [5.74, 6) is 0.306. The van der Waals surface area contributed by atoms with E-state index in [4.69, 9.17) is 4.74 Å². The molecule has 0 aliphatic heterocycles. The molecule has 0 saturated heterocycles. The summed E-state index contributed by atoms with van der Waals surface area (Å²) in [6.07, 6.45) is 2.75. The zero-order valence-corrected chi connectivity index (χ0v) is 15.5. The van der Waals surface area contributed by atoms with Gasteiger partial charge in [0.2, 0.25) is 0 Å². The maximum atomic E-state index is 12.5. The number of para-hydroxylation sites is 1. The van der Waals surface area contributed by atoms with Crippen LogP contribution in [-0.2, 0) is 0 Å². The Balaban J connectivity index is 1.95. The number of rotatable bonds is 6. The molecule has 8 heteroatoms. The summed E-state index contributed by atoms with van der Waals surface area (Å²) in [4.78, 5) is 27.1. The van der Waals surface area contributed by atoms with Crippen LogP contribution in [0.4, 0.5) is 8.78 Å². The zero-order valence-electron chi connectivity index (χ0n) is 14.6. The Morgan fingerprint density at radius 3 is 2.54 bits per heavy atom. The summed E-state index contributed by atoms with van der Waals surface area (Å²) >= 11 is 1.04. The number of carbonyl (C=O) groups is 1. The first-order chi connectivity index (χ1) is 13.5. The molecule has 0 saturated carbocycles. The van der Waals surface area contributed by atoms with Gasteiger partial charge in [0.25, 0.3) is 5.56 Å². The van der Waals surface area contributed by atoms with Gasteiger partial charge in [0.15, 0.2) is 5.78 Å². The lowest BCUT2D eigenvalue weighted by Gasteiger charge is -2.06. The summed E-state index contributed by atoms with van der Waals surface area (Å²) < 4.78 is 35.2. The van der Waals surface area contributed by atoms with E-state index in [-0.39, 0.29) is 16.1 Å². The summed E-state index contributed by atoms with van der Waals surface area (Å²) in [6.45, 7) is -2.97. The molecule has 0 aliphatic carbocycles. The molecule has 0 atom stereocenters. The topological polar surface area (TPSA) is 68.4 Å². The minimum absolute atomic E-state index is 0.0369. The molecule has 1 aromatic heterocycles. The van der Waals surface area contributed by atoms with Crippen LogP contribution in [0, 0.1) is 0 Å². The molecule has 0 fully saturated rings. The number of aromatic amines is 1. The normalized spacial score (nSPS) is 12.4. The number of benzene rings is 2. The molecule has 5 nitrogen and oxygen atoms in total. The summed E-state index contributed by atoms with van der Waals surface area (Å²) in [5, 5.41) is 0. The van der Waals surface area contributed by atoms with Gasteiger partial charge in [-0.15, -0.1) is 11.3 Å². The van der Waals surface area contributed by atoms with Crippen LogP contribution in [0.1, 0.15) is 15.9 Å². The number of ketones is 1. The van der Waals surface area contributed by atoms with Crippen LogP contribution < -0.4 is 24.2 Å². The number of ether oxygens (including phenoxy) is 2. The molecule has 1 N–H and O–H groups in total. The second-order valence-electron chi connectivity index (χ2n) is 5.58. The number of Topliss-reactive ketones (excluding diaryl/α,β-unsaturated/α-hetero) is 1. The van der Waals surface area contributed by atoms with Crippen LogP contribution in [0.3, 0.4) is 0 Å². The van der Waals surface area contributed by atoms with Crippen molar-refractivity contribution in [1.29, 1.82) is 0 Å². The van der Waals surface area contributed by atoms with E-state index < -0.39 is 12.2 Å². The van der Waals surface area contributed by atoms with Crippen molar-refractivity contribution < 1.29 is 23.0 Å². The third-order valence-corrected chi connectivity index (χ3v) is 4.70. The van der Waals surface area contributed by atoms with Gasteiger partial charge >= 0.3 is 6.61 Å². The third kappa shape index (κ3) is 4.72. The van der Waals surface area contributed by atoms with E-state index in [1.54, 1.807) is 42.5 Å². The highest BCUT2D eigenvalue weighted by Gasteiger charge is 2.08. The van der Waals surface area contributed by atoms with E-state index in [1.165, 1.54) is 25.3 Å². The average Bonchev–Trinajstić information content (AvgIpc) is 3.01. The largest absolute Gasteiger partial charge is 0.497 e. The number of carbonyl (C=O) groups excluding carboxylic acids is 1. The smallest absolute Gasteiger partial charge is 0.387 e. The zero-order chi connectivity index (χ0) is 20.1. The molecule has 0 amide bonds. The number of nitrogens with one attached hydrogen (secondary N) is 1. The van der Waals surface area contributed by atoms with Crippen molar-refractivity contribution in [3.63, 3.8) is 0 Å². The van der Waals surface area contributed by atoms with Crippen molar-refractivity contribution in [3.8, 4) is 11.5 Å². The van der Waals surface area contributed by atoms with Crippen molar-refractivity contribution in [3.05, 3.63) is 79.2 Å². The van der Waals surface area contributed by atoms with Gasteiger partial charge in [-0.05, 0) is 36.4 Å².